The highest BCUT2D eigenvalue weighted by atomic mass is 35.5. The van der Waals surface area contributed by atoms with Gasteiger partial charge in [-0.2, -0.15) is 0 Å². The second-order valence-electron chi connectivity index (χ2n) is 6.40. The summed E-state index contributed by atoms with van der Waals surface area (Å²) in [7, 11) is 3.33. The first-order valence-corrected chi connectivity index (χ1v) is 8.99. The number of halogens is 1. The fourth-order valence-electron chi connectivity index (χ4n) is 3.28. The molecule has 0 unspecified atom stereocenters. The van der Waals surface area contributed by atoms with Crippen LogP contribution in [0.1, 0.15) is 16.8 Å². The summed E-state index contributed by atoms with van der Waals surface area (Å²) in [6.45, 7) is 4.58. The fraction of sp³-hybridized carbons (Fsp3) is 0.381. The van der Waals surface area contributed by atoms with E-state index in [0.717, 1.165) is 55.5 Å². The van der Waals surface area contributed by atoms with Gasteiger partial charge in [0.05, 0.1) is 19.9 Å². The van der Waals surface area contributed by atoms with Crippen molar-refractivity contribution in [2.45, 2.75) is 6.42 Å². The second kappa shape index (κ2) is 10.2. The molecule has 0 radical (unpaired) electrons. The van der Waals surface area contributed by atoms with E-state index in [2.05, 4.69) is 15.9 Å². The predicted molar refractivity (Wildman–Crippen MR) is 104 cm³/mol. The summed E-state index contributed by atoms with van der Waals surface area (Å²) in [5, 5.41) is 0. The quantitative estimate of drug-likeness (QED) is 0.628. The summed E-state index contributed by atoms with van der Waals surface area (Å²) < 4.78 is 10.6. The van der Waals surface area contributed by atoms with Gasteiger partial charge in [-0.05, 0) is 36.4 Å². The number of hydrogen-bond donors (Lipinski definition) is 0. The van der Waals surface area contributed by atoms with Gasteiger partial charge in [0.15, 0.2) is 5.78 Å². The topological polar surface area (TPSA) is 42.0 Å². The minimum absolute atomic E-state index is 0. The van der Waals surface area contributed by atoms with Crippen LogP contribution in [0.15, 0.2) is 48.5 Å². The number of rotatable bonds is 7. The molecule has 27 heavy (non-hydrogen) atoms. The summed E-state index contributed by atoms with van der Waals surface area (Å²) in [5.41, 5.74) is 1.89. The van der Waals surface area contributed by atoms with E-state index in [1.165, 1.54) is 0 Å². The van der Waals surface area contributed by atoms with Crippen LogP contribution in [0, 0.1) is 0 Å². The number of methoxy groups -OCH3 is 2. The van der Waals surface area contributed by atoms with Crippen molar-refractivity contribution >= 4 is 11.5 Å². The van der Waals surface area contributed by atoms with E-state index in [9.17, 15) is 4.79 Å². The third-order valence-electron chi connectivity index (χ3n) is 4.87. The number of ether oxygens (including phenoxy) is 2. The highest BCUT2D eigenvalue weighted by Crippen LogP contribution is 2.28. The zero-order valence-corrected chi connectivity index (χ0v) is 16.6. The number of anilines is 1. The number of hydrogen-bond acceptors (Lipinski definition) is 5. The van der Waals surface area contributed by atoms with Crippen LogP contribution >= 0.6 is 0 Å². The van der Waals surface area contributed by atoms with Crippen LogP contribution in [0.4, 0.5) is 5.69 Å². The molecule has 146 valence electrons. The molecule has 5 nitrogen and oxygen atoms in total. The lowest BCUT2D eigenvalue weighted by Gasteiger charge is -2.36. The molecule has 1 aliphatic heterocycles. The second-order valence-corrected chi connectivity index (χ2v) is 6.40. The van der Waals surface area contributed by atoms with Crippen molar-refractivity contribution in [3.05, 3.63) is 54.1 Å². The highest BCUT2D eigenvalue weighted by molar-refractivity contribution is 5.96. The fourth-order valence-corrected chi connectivity index (χ4v) is 3.28. The molecule has 0 N–H and O–H groups in total. The monoisotopic (exact) mass is 389 g/mol. The van der Waals surface area contributed by atoms with Crippen molar-refractivity contribution in [2.75, 3.05) is 51.8 Å². The molecular formula is C21H26ClN2O3-. The Morgan fingerprint density at radius 2 is 1.59 bits per heavy atom. The van der Waals surface area contributed by atoms with Gasteiger partial charge < -0.3 is 26.8 Å². The van der Waals surface area contributed by atoms with Crippen molar-refractivity contribution < 1.29 is 26.7 Å². The van der Waals surface area contributed by atoms with Crippen LogP contribution in [0.3, 0.4) is 0 Å². The van der Waals surface area contributed by atoms with Crippen LogP contribution < -0.4 is 26.8 Å². The van der Waals surface area contributed by atoms with Gasteiger partial charge in [-0.1, -0.05) is 12.1 Å². The lowest BCUT2D eigenvalue weighted by atomic mass is 10.1. The predicted octanol–water partition coefficient (Wildman–Crippen LogP) is 0.103. The Morgan fingerprint density at radius 3 is 2.22 bits per heavy atom. The third-order valence-corrected chi connectivity index (χ3v) is 4.87. The van der Waals surface area contributed by atoms with Gasteiger partial charge in [-0.25, -0.2) is 0 Å². The SMILES string of the molecule is COc1ccc(C(=O)CCN2CCN(c3ccccc3OC)CC2)cc1.[Cl-]. The molecule has 3 rings (SSSR count). The minimum atomic E-state index is 0. The molecule has 6 heteroatoms. The number of ketones is 1. The maximum atomic E-state index is 12.4. The van der Waals surface area contributed by atoms with E-state index in [4.69, 9.17) is 9.47 Å². The summed E-state index contributed by atoms with van der Waals surface area (Å²) in [6.07, 6.45) is 0.543. The first-order valence-electron chi connectivity index (χ1n) is 8.99. The van der Waals surface area contributed by atoms with Crippen LogP contribution in [-0.2, 0) is 0 Å². The molecule has 0 aromatic heterocycles. The molecule has 1 saturated heterocycles. The van der Waals surface area contributed by atoms with E-state index in [0.29, 0.717) is 6.42 Å². The van der Waals surface area contributed by atoms with Crippen molar-refractivity contribution in [3.8, 4) is 11.5 Å². The molecule has 0 saturated carbocycles. The van der Waals surface area contributed by atoms with E-state index in [1.807, 2.05) is 42.5 Å². The number of para-hydroxylation sites is 2. The average Bonchev–Trinajstić information content (AvgIpc) is 2.72. The van der Waals surface area contributed by atoms with Gasteiger partial charge in [0.2, 0.25) is 0 Å². The number of Topliss-reactive ketones (excluding diaryl/α,β-unsaturated/α-hetero) is 1. The largest absolute Gasteiger partial charge is 1.00 e. The molecule has 0 amide bonds. The Balaban J connectivity index is 0.00000261. The molecule has 0 bridgehead atoms. The Kier molecular flexibility index (Phi) is 7.95. The molecule has 2 aromatic carbocycles. The van der Waals surface area contributed by atoms with Crippen LogP contribution in [0.25, 0.3) is 0 Å². The Hall–Kier alpha value is -2.24. The van der Waals surface area contributed by atoms with Gasteiger partial charge in [0.25, 0.3) is 0 Å². The zero-order chi connectivity index (χ0) is 18.4. The first kappa shape index (κ1) is 21.1. The molecule has 0 spiro atoms. The van der Waals surface area contributed by atoms with Gasteiger partial charge in [0, 0.05) is 44.7 Å². The standard InChI is InChI=1S/C21H26N2O3.ClH/c1-25-18-9-7-17(8-10-18)20(24)11-12-22-13-15-23(16-14-22)19-5-3-4-6-21(19)26-2;/h3-10H,11-16H2,1-2H3;1H/p-1. The van der Waals surface area contributed by atoms with Crippen molar-refractivity contribution in [2.24, 2.45) is 0 Å². The molecule has 0 aliphatic carbocycles. The van der Waals surface area contributed by atoms with Gasteiger partial charge in [-0.15, -0.1) is 0 Å². The van der Waals surface area contributed by atoms with E-state index in [-0.39, 0.29) is 18.2 Å². The zero-order valence-electron chi connectivity index (χ0n) is 15.9. The highest BCUT2D eigenvalue weighted by Gasteiger charge is 2.20. The molecule has 1 aliphatic rings. The maximum Gasteiger partial charge on any atom is 0.164 e. The summed E-state index contributed by atoms with van der Waals surface area (Å²) in [5.74, 6) is 1.87. The van der Waals surface area contributed by atoms with E-state index in [1.54, 1.807) is 14.2 Å². The van der Waals surface area contributed by atoms with Gasteiger partial charge in [0.1, 0.15) is 11.5 Å². The smallest absolute Gasteiger partial charge is 0.164 e. The number of carbonyl (C=O) groups is 1. The first-order chi connectivity index (χ1) is 12.7. The summed E-state index contributed by atoms with van der Waals surface area (Å²) in [4.78, 5) is 17.1. The van der Waals surface area contributed by atoms with Crippen molar-refractivity contribution in [3.63, 3.8) is 0 Å². The van der Waals surface area contributed by atoms with Gasteiger partial charge >= 0.3 is 0 Å². The van der Waals surface area contributed by atoms with E-state index < -0.39 is 0 Å². The normalized spacial score (nSPS) is 14.4. The number of benzene rings is 2. The van der Waals surface area contributed by atoms with Crippen LogP contribution in [-0.4, -0.2) is 57.6 Å². The molecule has 1 heterocycles. The lowest BCUT2D eigenvalue weighted by molar-refractivity contribution is -0.0000139. The molecule has 0 atom stereocenters. The Labute approximate surface area is 167 Å². The van der Waals surface area contributed by atoms with Crippen LogP contribution in [0.5, 0.6) is 11.5 Å². The van der Waals surface area contributed by atoms with E-state index >= 15 is 0 Å². The summed E-state index contributed by atoms with van der Waals surface area (Å²) >= 11 is 0. The number of piperazine rings is 1. The summed E-state index contributed by atoms with van der Waals surface area (Å²) in [6, 6.07) is 15.5. The van der Waals surface area contributed by atoms with Crippen molar-refractivity contribution in [1.82, 2.24) is 4.90 Å². The molecule has 1 fully saturated rings. The number of carbonyl (C=O) groups excluding carboxylic acids is 1. The van der Waals surface area contributed by atoms with Crippen LogP contribution in [0.2, 0.25) is 0 Å². The maximum absolute atomic E-state index is 12.4. The molecule has 2 aromatic rings. The lowest BCUT2D eigenvalue weighted by Crippen LogP contribution is -3.00. The Morgan fingerprint density at radius 1 is 0.926 bits per heavy atom. The Bertz CT molecular complexity index is 728. The number of nitrogens with zero attached hydrogens (tertiary/aromatic N) is 2. The third kappa shape index (κ3) is 5.37. The minimum Gasteiger partial charge on any atom is -1.00 e. The van der Waals surface area contributed by atoms with Crippen molar-refractivity contribution in [1.29, 1.82) is 0 Å². The molecular weight excluding hydrogens is 364 g/mol. The average molecular weight is 390 g/mol. The van der Waals surface area contributed by atoms with Gasteiger partial charge in [-0.3, -0.25) is 9.69 Å².